The summed E-state index contributed by atoms with van der Waals surface area (Å²) in [5, 5.41) is 0. The third kappa shape index (κ3) is 2.22. The van der Waals surface area contributed by atoms with Crippen LogP contribution in [0.5, 0.6) is 0 Å². The molecule has 3 rings (SSSR count). The molecule has 0 saturated heterocycles. The Morgan fingerprint density at radius 2 is 2.00 bits per heavy atom. The number of imidazole rings is 1. The summed E-state index contributed by atoms with van der Waals surface area (Å²) < 4.78 is 28.7. The van der Waals surface area contributed by atoms with Crippen LogP contribution in [0.3, 0.4) is 0 Å². The number of hydrogen-bond donors (Lipinski definition) is 1. The van der Waals surface area contributed by atoms with Crippen LogP contribution in [0, 0.1) is 11.6 Å². The molecule has 0 radical (unpaired) electrons. The monoisotopic (exact) mass is 288 g/mol. The molecule has 0 aliphatic heterocycles. The van der Waals surface area contributed by atoms with Crippen molar-refractivity contribution in [3.63, 3.8) is 0 Å². The molecule has 0 amide bonds. The summed E-state index contributed by atoms with van der Waals surface area (Å²) in [6.07, 6.45) is 4.19. The number of halogens is 2. The average Bonchev–Trinajstić information content (AvgIpc) is 2.82. The zero-order valence-electron chi connectivity index (χ0n) is 11.5. The van der Waals surface area contributed by atoms with E-state index in [1.165, 1.54) is 0 Å². The molecule has 0 fully saturated rings. The molecule has 21 heavy (non-hydrogen) atoms. The van der Waals surface area contributed by atoms with Crippen LogP contribution < -0.4 is 5.73 Å². The molecule has 3 aromatic rings. The maximum atomic E-state index is 13.5. The van der Waals surface area contributed by atoms with Crippen LogP contribution in [0.15, 0.2) is 30.6 Å². The summed E-state index contributed by atoms with van der Waals surface area (Å²) in [7, 11) is 0. The minimum atomic E-state index is -0.962. The lowest BCUT2D eigenvalue weighted by Crippen LogP contribution is -2.03. The standard InChI is InChI=1S/C15H14F2N4/c1-2-5-21-14-3-4-19-8-13(14)20-15(21)9-6-10(16)11(17)7-12(9)18/h3-4,6-8H,2,5,18H2,1H3. The van der Waals surface area contributed by atoms with Gasteiger partial charge < -0.3 is 10.3 Å². The first-order chi connectivity index (χ1) is 10.1. The van der Waals surface area contributed by atoms with Crippen LogP contribution in [0.25, 0.3) is 22.4 Å². The Labute approximate surface area is 120 Å². The van der Waals surface area contributed by atoms with Crippen molar-refractivity contribution in [3.05, 3.63) is 42.2 Å². The van der Waals surface area contributed by atoms with Gasteiger partial charge in [-0.05, 0) is 18.6 Å². The fourth-order valence-corrected chi connectivity index (χ4v) is 2.39. The number of benzene rings is 1. The van der Waals surface area contributed by atoms with E-state index in [0.717, 1.165) is 24.1 Å². The highest BCUT2D eigenvalue weighted by atomic mass is 19.2. The van der Waals surface area contributed by atoms with Crippen molar-refractivity contribution in [2.24, 2.45) is 0 Å². The van der Waals surface area contributed by atoms with Gasteiger partial charge in [0.05, 0.1) is 11.7 Å². The second-order valence-electron chi connectivity index (χ2n) is 4.81. The number of hydrogen-bond acceptors (Lipinski definition) is 3. The maximum Gasteiger partial charge on any atom is 0.160 e. The number of nitrogens with two attached hydrogens (primary N) is 1. The van der Waals surface area contributed by atoms with Gasteiger partial charge in [-0.2, -0.15) is 0 Å². The minimum absolute atomic E-state index is 0.162. The lowest BCUT2D eigenvalue weighted by Gasteiger charge is -2.10. The lowest BCUT2D eigenvalue weighted by atomic mass is 10.1. The minimum Gasteiger partial charge on any atom is -0.398 e. The Morgan fingerprint density at radius 3 is 2.76 bits per heavy atom. The van der Waals surface area contributed by atoms with Crippen molar-refractivity contribution in [3.8, 4) is 11.4 Å². The van der Waals surface area contributed by atoms with E-state index in [9.17, 15) is 8.78 Å². The Balaban J connectivity index is 2.29. The van der Waals surface area contributed by atoms with Crippen LogP contribution in [-0.4, -0.2) is 14.5 Å². The highest BCUT2D eigenvalue weighted by Gasteiger charge is 2.17. The van der Waals surface area contributed by atoms with E-state index in [-0.39, 0.29) is 5.69 Å². The molecule has 108 valence electrons. The predicted molar refractivity (Wildman–Crippen MR) is 77.6 cm³/mol. The first-order valence-electron chi connectivity index (χ1n) is 6.67. The normalized spacial score (nSPS) is 11.2. The summed E-state index contributed by atoms with van der Waals surface area (Å²) >= 11 is 0. The van der Waals surface area contributed by atoms with Gasteiger partial charge in [0.25, 0.3) is 0 Å². The first-order valence-corrected chi connectivity index (χ1v) is 6.67. The molecule has 6 heteroatoms. The number of nitrogens with zero attached hydrogens (tertiary/aromatic N) is 3. The highest BCUT2D eigenvalue weighted by Crippen LogP contribution is 2.30. The van der Waals surface area contributed by atoms with E-state index in [2.05, 4.69) is 9.97 Å². The molecule has 2 aromatic heterocycles. The molecule has 0 saturated carbocycles. The summed E-state index contributed by atoms with van der Waals surface area (Å²) in [6, 6.07) is 3.92. The van der Waals surface area contributed by atoms with E-state index < -0.39 is 11.6 Å². The predicted octanol–water partition coefficient (Wildman–Crippen LogP) is 3.37. The third-order valence-corrected chi connectivity index (χ3v) is 3.33. The Kier molecular flexibility index (Phi) is 3.29. The number of pyridine rings is 1. The Morgan fingerprint density at radius 1 is 1.24 bits per heavy atom. The van der Waals surface area contributed by atoms with Crippen LogP contribution >= 0.6 is 0 Å². The number of aromatic nitrogens is 3. The summed E-state index contributed by atoms with van der Waals surface area (Å²) in [5.74, 6) is -1.38. The van der Waals surface area contributed by atoms with Crippen molar-refractivity contribution in [1.29, 1.82) is 0 Å². The fourth-order valence-electron chi connectivity index (χ4n) is 2.39. The molecule has 2 N–H and O–H groups in total. The van der Waals surface area contributed by atoms with E-state index in [1.54, 1.807) is 12.4 Å². The molecule has 0 aliphatic carbocycles. The van der Waals surface area contributed by atoms with Gasteiger partial charge >= 0.3 is 0 Å². The summed E-state index contributed by atoms with van der Waals surface area (Å²) in [4.78, 5) is 8.50. The molecule has 0 unspecified atom stereocenters. The zero-order valence-corrected chi connectivity index (χ0v) is 11.5. The van der Waals surface area contributed by atoms with Crippen molar-refractivity contribution in [1.82, 2.24) is 14.5 Å². The van der Waals surface area contributed by atoms with E-state index >= 15 is 0 Å². The quantitative estimate of drug-likeness (QED) is 0.752. The second-order valence-corrected chi connectivity index (χ2v) is 4.81. The van der Waals surface area contributed by atoms with Gasteiger partial charge in [-0.25, -0.2) is 13.8 Å². The molecule has 2 heterocycles. The van der Waals surface area contributed by atoms with Gasteiger partial charge in [0, 0.05) is 30.1 Å². The van der Waals surface area contributed by atoms with Gasteiger partial charge in [0.2, 0.25) is 0 Å². The van der Waals surface area contributed by atoms with E-state index in [0.29, 0.717) is 23.4 Å². The van der Waals surface area contributed by atoms with E-state index in [1.807, 2.05) is 17.6 Å². The molecule has 1 aromatic carbocycles. The molecule has 0 atom stereocenters. The topological polar surface area (TPSA) is 56.7 Å². The van der Waals surface area contributed by atoms with Gasteiger partial charge in [0.15, 0.2) is 11.6 Å². The highest BCUT2D eigenvalue weighted by molar-refractivity contribution is 5.83. The van der Waals surface area contributed by atoms with Crippen LogP contribution in [0.1, 0.15) is 13.3 Å². The van der Waals surface area contributed by atoms with Gasteiger partial charge in [-0.3, -0.25) is 4.98 Å². The smallest absolute Gasteiger partial charge is 0.160 e. The Bertz CT molecular complexity index is 811. The molecule has 0 spiro atoms. The van der Waals surface area contributed by atoms with Gasteiger partial charge in [0.1, 0.15) is 11.3 Å². The van der Waals surface area contributed by atoms with Gasteiger partial charge in [-0.15, -0.1) is 0 Å². The lowest BCUT2D eigenvalue weighted by molar-refractivity contribution is 0.509. The largest absolute Gasteiger partial charge is 0.398 e. The average molecular weight is 288 g/mol. The van der Waals surface area contributed by atoms with Crippen molar-refractivity contribution in [2.75, 3.05) is 5.73 Å². The fraction of sp³-hybridized carbons (Fsp3) is 0.200. The van der Waals surface area contributed by atoms with Crippen molar-refractivity contribution >= 4 is 16.7 Å². The second kappa shape index (κ2) is 5.12. The van der Waals surface area contributed by atoms with Crippen molar-refractivity contribution < 1.29 is 8.78 Å². The number of aryl methyl sites for hydroxylation is 1. The summed E-state index contributed by atoms with van der Waals surface area (Å²) in [5.41, 5.74) is 7.98. The molecular formula is C15H14F2N4. The third-order valence-electron chi connectivity index (χ3n) is 3.33. The van der Waals surface area contributed by atoms with Crippen molar-refractivity contribution in [2.45, 2.75) is 19.9 Å². The molecule has 4 nitrogen and oxygen atoms in total. The molecular weight excluding hydrogens is 274 g/mol. The van der Waals surface area contributed by atoms with Crippen LogP contribution in [-0.2, 0) is 6.54 Å². The number of anilines is 1. The van der Waals surface area contributed by atoms with Crippen LogP contribution in [0.4, 0.5) is 14.5 Å². The van der Waals surface area contributed by atoms with Gasteiger partial charge in [-0.1, -0.05) is 6.92 Å². The first kappa shape index (κ1) is 13.5. The van der Waals surface area contributed by atoms with Crippen LogP contribution in [0.2, 0.25) is 0 Å². The Hall–Kier alpha value is -2.50. The molecule has 0 bridgehead atoms. The van der Waals surface area contributed by atoms with E-state index in [4.69, 9.17) is 5.73 Å². The zero-order chi connectivity index (χ0) is 15.0. The summed E-state index contributed by atoms with van der Waals surface area (Å²) in [6.45, 7) is 2.74. The number of nitrogen functional groups attached to an aromatic ring is 1. The number of fused-ring (bicyclic) bond motifs is 1. The number of rotatable bonds is 3. The SMILES string of the molecule is CCCn1c(-c2cc(F)c(F)cc2N)nc2cnccc21. The maximum absolute atomic E-state index is 13.5. The molecule has 0 aliphatic rings.